The first-order chi connectivity index (χ1) is 16.1. The normalized spacial score (nSPS) is 13.2. The number of benzene rings is 3. The maximum atomic E-state index is 12.7. The average molecular weight is 446 g/mol. The van der Waals surface area contributed by atoms with Crippen LogP contribution in [-0.2, 0) is 17.9 Å². The molecule has 7 nitrogen and oxygen atoms in total. The van der Waals surface area contributed by atoms with E-state index in [0.29, 0.717) is 26.2 Å². The van der Waals surface area contributed by atoms with Crippen LogP contribution in [0.4, 0.5) is 10.5 Å². The number of urea groups is 1. The zero-order valence-electron chi connectivity index (χ0n) is 18.6. The summed E-state index contributed by atoms with van der Waals surface area (Å²) in [7, 11) is 1.60. The minimum atomic E-state index is -0.190. The number of methoxy groups -OCH3 is 1. The molecule has 1 heterocycles. The fourth-order valence-corrected chi connectivity index (χ4v) is 3.61. The van der Waals surface area contributed by atoms with E-state index in [2.05, 4.69) is 5.32 Å². The lowest BCUT2D eigenvalue weighted by Crippen LogP contribution is -2.39. The first-order valence-corrected chi connectivity index (χ1v) is 10.9. The Morgan fingerprint density at radius 2 is 1.58 bits per heavy atom. The van der Waals surface area contributed by atoms with Crippen LogP contribution in [0, 0.1) is 0 Å². The predicted octanol–water partition coefficient (Wildman–Crippen LogP) is 3.83. The Hall–Kier alpha value is -4.00. The van der Waals surface area contributed by atoms with Gasteiger partial charge in [-0.25, -0.2) is 4.79 Å². The molecule has 4 rings (SSSR count). The van der Waals surface area contributed by atoms with Crippen molar-refractivity contribution in [2.24, 2.45) is 0 Å². The van der Waals surface area contributed by atoms with E-state index < -0.39 is 0 Å². The molecule has 0 atom stereocenters. The van der Waals surface area contributed by atoms with E-state index in [1.165, 1.54) is 0 Å². The van der Waals surface area contributed by atoms with Crippen molar-refractivity contribution in [2.75, 3.05) is 31.6 Å². The highest BCUT2D eigenvalue weighted by molar-refractivity contribution is 5.96. The molecule has 1 fully saturated rings. The molecule has 0 radical (unpaired) electrons. The molecule has 170 valence electrons. The van der Waals surface area contributed by atoms with E-state index in [9.17, 15) is 9.59 Å². The van der Waals surface area contributed by atoms with E-state index in [1.54, 1.807) is 16.9 Å². The summed E-state index contributed by atoms with van der Waals surface area (Å²) in [5, 5.41) is 2.88. The maximum Gasteiger partial charge on any atom is 0.325 e. The molecular formula is C26H27N3O4. The van der Waals surface area contributed by atoms with Gasteiger partial charge in [0.1, 0.15) is 24.7 Å². The van der Waals surface area contributed by atoms with Crippen LogP contribution >= 0.6 is 0 Å². The molecule has 7 heteroatoms. The van der Waals surface area contributed by atoms with Crippen LogP contribution in [0.2, 0.25) is 0 Å². The Kier molecular flexibility index (Phi) is 7.09. The molecule has 0 aliphatic carbocycles. The molecule has 3 amide bonds. The van der Waals surface area contributed by atoms with Crippen molar-refractivity contribution in [3.05, 3.63) is 90.0 Å². The minimum absolute atomic E-state index is 0.0315. The first kappa shape index (κ1) is 22.2. The molecule has 1 aliphatic heterocycles. The molecule has 33 heavy (non-hydrogen) atoms. The van der Waals surface area contributed by atoms with Crippen molar-refractivity contribution >= 4 is 17.6 Å². The zero-order chi connectivity index (χ0) is 23.0. The van der Waals surface area contributed by atoms with Crippen molar-refractivity contribution in [2.45, 2.75) is 13.2 Å². The van der Waals surface area contributed by atoms with Crippen molar-refractivity contribution < 1.29 is 19.1 Å². The van der Waals surface area contributed by atoms with Gasteiger partial charge in [0.05, 0.1) is 7.11 Å². The lowest BCUT2D eigenvalue weighted by atomic mass is 10.2. The van der Waals surface area contributed by atoms with Crippen molar-refractivity contribution in [1.29, 1.82) is 0 Å². The highest BCUT2D eigenvalue weighted by Crippen LogP contribution is 2.23. The number of carbonyl (C=O) groups is 2. The standard InChI is InChI=1S/C26H27N3O4/c1-32-23-13-9-22(10-14-23)29-16-15-28(26(29)31)18-25(30)27-17-20-7-11-24(12-8-20)33-19-21-5-3-2-4-6-21/h2-14H,15-19H2,1H3,(H,27,30). The summed E-state index contributed by atoms with van der Waals surface area (Å²) in [6.07, 6.45) is 0. The molecule has 3 aromatic carbocycles. The summed E-state index contributed by atoms with van der Waals surface area (Å²) in [4.78, 5) is 28.3. The van der Waals surface area contributed by atoms with Crippen LogP contribution in [-0.4, -0.2) is 43.6 Å². The largest absolute Gasteiger partial charge is 0.497 e. The van der Waals surface area contributed by atoms with Crippen molar-refractivity contribution in [3.63, 3.8) is 0 Å². The molecule has 1 saturated heterocycles. The van der Waals surface area contributed by atoms with Gasteiger partial charge in [0.15, 0.2) is 0 Å². The first-order valence-electron chi connectivity index (χ1n) is 10.9. The van der Waals surface area contributed by atoms with E-state index >= 15 is 0 Å². The van der Waals surface area contributed by atoms with Gasteiger partial charge in [0, 0.05) is 25.3 Å². The summed E-state index contributed by atoms with van der Waals surface area (Å²) in [5.74, 6) is 1.32. The van der Waals surface area contributed by atoms with E-state index in [0.717, 1.165) is 28.3 Å². The predicted molar refractivity (Wildman–Crippen MR) is 126 cm³/mol. The monoisotopic (exact) mass is 445 g/mol. The van der Waals surface area contributed by atoms with Gasteiger partial charge in [-0.2, -0.15) is 0 Å². The average Bonchev–Trinajstić information content (AvgIpc) is 3.22. The fourth-order valence-electron chi connectivity index (χ4n) is 3.61. The molecule has 0 unspecified atom stereocenters. The number of carbonyl (C=O) groups excluding carboxylic acids is 2. The molecule has 0 aromatic heterocycles. The number of nitrogens with zero attached hydrogens (tertiary/aromatic N) is 2. The number of rotatable bonds is 9. The molecule has 3 aromatic rings. The Labute approximate surface area is 193 Å². The van der Waals surface area contributed by atoms with Gasteiger partial charge < -0.3 is 19.7 Å². The molecule has 0 bridgehead atoms. The van der Waals surface area contributed by atoms with E-state index in [4.69, 9.17) is 9.47 Å². The lowest BCUT2D eigenvalue weighted by molar-refractivity contribution is -0.121. The van der Waals surface area contributed by atoms with Gasteiger partial charge in [-0.1, -0.05) is 42.5 Å². The highest BCUT2D eigenvalue weighted by atomic mass is 16.5. The second-order valence-electron chi connectivity index (χ2n) is 7.75. The topological polar surface area (TPSA) is 71.1 Å². The SMILES string of the molecule is COc1ccc(N2CCN(CC(=O)NCc3ccc(OCc4ccccc4)cc3)C2=O)cc1. The summed E-state index contributed by atoms with van der Waals surface area (Å²) in [6, 6.07) is 24.7. The van der Waals surface area contributed by atoms with Gasteiger partial charge >= 0.3 is 6.03 Å². The quantitative estimate of drug-likeness (QED) is 0.543. The van der Waals surface area contributed by atoms with Gasteiger partial charge in [-0.3, -0.25) is 9.69 Å². The number of ether oxygens (including phenoxy) is 2. The summed E-state index contributed by atoms with van der Waals surface area (Å²) in [5.41, 5.74) is 2.86. The number of hydrogen-bond acceptors (Lipinski definition) is 4. The number of amides is 3. The van der Waals surface area contributed by atoms with E-state index in [1.807, 2.05) is 78.9 Å². The number of nitrogens with one attached hydrogen (secondary N) is 1. The lowest BCUT2D eigenvalue weighted by Gasteiger charge is -2.18. The zero-order valence-corrected chi connectivity index (χ0v) is 18.6. The summed E-state index contributed by atoms with van der Waals surface area (Å²) < 4.78 is 10.9. The molecule has 1 N–H and O–H groups in total. The van der Waals surface area contributed by atoms with Crippen molar-refractivity contribution in [1.82, 2.24) is 10.2 Å². The van der Waals surface area contributed by atoms with Crippen LogP contribution in [0.3, 0.4) is 0 Å². The van der Waals surface area contributed by atoms with Crippen LogP contribution in [0.25, 0.3) is 0 Å². The Morgan fingerprint density at radius 1 is 0.879 bits per heavy atom. The summed E-state index contributed by atoms with van der Waals surface area (Å²) >= 11 is 0. The summed E-state index contributed by atoms with van der Waals surface area (Å²) in [6.45, 7) is 1.98. The highest BCUT2D eigenvalue weighted by Gasteiger charge is 2.30. The Balaban J connectivity index is 1.22. The third-order valence-electron chi connectivity index (χ3n) is 5.47. The van der Waals surface area contributed by atoms with E-state index in [-0.39, 0.29) is 18.5 Å². The second-order valence-corrected chi connectivity index (χ2v) is 7.75. The second kappa shape index (κ2) is 10.5. The minimum Gasteiger partial charge on any atom is -0.497 e. The Bertz CT molecular complexity index is 1070. The Morgan fingerprint density at radius 3 is 2.27 bits per heavy atom. The van der Waals surface area contributed by atoms with Gasteiger partial charge in [-0.15, -0.1) is 0 Å². The third kappa shape index (κ3) is 5.83. The van der Waals surface area contributed by atoms with Crippen LogP contribution in [0.5, 0.6) is 11.5 Å². The molecular weight excluding hydrogens is 418 g/mol. The van der Waals surface area contributed by atoms with Crippen LogP contribution < -0.4 is 19.7 Å². The van der Waals surface area contributed by atoms with Gasteiger partial charge in [0.2, 0.25) is 5.91 Å². The number of hydrogen-bond donors (Lipinski definition) is 1. The maximum absolute atomic E-state index is 12.7. The molecule has 0 saturated carbocycles. The fraction of sp³-hybridized carbons (Fsp3) is 0.231. The van der Waals surface area contributed by atoms with Crippen LogP contribution in [0.1, 0.15) is 11.1 Å². The molecule has 0 spiro atoms. The van der Waals surface area contributed by atoms with Crippen molar-refractivity contribution in [3.8, 4) is 11.5 Å². The molecule has 1 aliphatic rings. The van der Waals surface area contributed by atoms with Gasteiger partial charge in [0.25, 0.3) is 0 Å². The van der Waals surface area contributed by atoms with Gasteiger partial charge in [-0.05, 0) is 47.5 Å². The number of anilines is 1. The smallest absolute Gasteiger partial charge is 0.325 e. The van der Waals surface area contributed by atoms with Crippen LogP contribution in [0.15, 0.2) is 78.9 Å². The third-order valence-corrected chi connectivity index (χ3v) is 5.47.